The van der Waals surface area contributed by atoms with E-state index in [0.717, 1.165) is 5.56 Å². The van der Waals surface area contributed by atoms with Crippen molar-refractivity contribution in [1.82, 2.24) is 14.9 Å². The van der Waals surface area contributed by atoms with Crippen LogP contribution in [0.15, 0.2) is 42.7 Å². The van der Waals surface area contributed by atoms with Gasteiger partial charge in [0.2, 0.25) is 11.3 Å². The lowest BCUT2D eigenvalue weighted by atomic mass is 9.72. The van der Waals surface area contributed by atoms with Crippen LogP contribution in [0.1, 0.15) is 43.6 Å². The van der Waals surface area contributed by atoms with E-state index in [1.54, 1.807) is 7.05 Å². The number of likely N-dealkylation sites (N-methyl/N-ethyl adjacent to an activating group) is 1. The molecule has 6 heteroatoms. The van der Waals surface area contributed by atoms with Gasteiger partial charge >= 0.3 is 5.97 Å². The highest BCUT2D eigenvalue weighted by atomic mass is 16.4. The molecule has 0 unspecified atom stereocenters. The number of aliphatic carboxylic acids is 1. The molecule has 1 saturated heterocycles. The zero-order chi connectivity index (χ0) is 19.7. The molecule has 1 atom stereocenters. The van der Waals surface area contributed by atoms with E-state index in [-0.39, 0.29) is 12.2 Å². The molecule has 0 radical (unpaired) electrons. The smallest absolute Gasteiger partial charge is 0.327 e. The fourth-order valence-electron chi connectivity index (χ4n) is 3.11. The number of hydrogen-bond acceptors (Lipinski definition) is 4. The van der Waals surface area contributed by atoms with E-state index >= 15 is 0 Å². The van der Waals surface area contributed by atoms with Crippen molar-refractivity contribution in [1.29, 1.82) is 0 Å². The minimum absolute atomic E-state index is 0.00705. The average molecular weight is 363 g/mol. The number of piperidine rings is 1. The predicted octanol–water partition coefficient (Wildman–Crippen LogP) is 2.23. The summed E-state index contributed by atoms with van der Waals surface area (Å²) in [6.07, 6.45) is 3.64. The largest absolute Gasteiger partial charge is 0.480 e. The fraction of sp³-hybridized carbons (Fsp3) is 0.333. The topological polar surface area (TPSA) is 83.4 Å². The van der Waals surface area contributed by atoms with Crippen LogP contribution in [0, 0.1) is 11.8 Å². The van der Waals surface area contributed by atoms with Gasteiger partial charge in [-0.15, -0.1) is 0 Å². The molecule has 6 nitrogen and oxygen atoms in total. The van der Waals surface area contributed by atoms with Gasteiger partial charge < -0.3 is 10.0 Å². The molecule has 0 saturated carbocycles. The number of carboxylic acids is 1. The number of benzene rings is 1. The van der Waals surface area contributed by atoms with Crippen LogP contribution in [0.25, 0.3) is 0 Å². The lowest BCUT2D eigenvalue weighted by Gasteiger charge is -2.46. The molecule has 27 heavy (non-hydrogen) atoms. The highest BCUT2D eigenvalue weighted by Gasteiger charge is 2.57. The number of amides is 1. The second-order valence-corrected chi connectivity index (χ2v) is 7.30. The highest BCUT2D eigenvalue weighted by molar-refractivity contribution is 6.07. The van der Waals surface area contributed by atoms with Crippen LogP contribution < -0.4 is 0 Å². The van der Waals surface area contributed by atoms with Crippen LogP contribution in [-0.2, 0) is 15.0 Å². The van der Waals surface area contributed by atoms with E-state index < -0.39 is 22.8 Å². The summed E-state index contributed by atoms with van der Waals surface area (Å²) in [4.78, 5) is 34.9. The molecule has 1 amide bonds. The maximum Gasteiger partial charge on any atom is 0.327 e. The van der Waals surface area contributed by atoms with E-state index in [0.29, 0.717) is 12.0 Å². The van der Waals surface area contributed by atoms with E-state index in [1.165, 1.54) is 17.3 Å². The van der Waals surface area contributed by atoms with Crippen molar-refractivity contribution in [3.63, 3.8) is 0 Å². The second-order valence-electron chi connectivity index (χ2n) is 7.30. The first-order valence-electron chi connectivity index (χ1n) is 8.69. The molecule has 1 fully saturated rings. The molecule has 1 aromatic carbocycles. The zero-order valence-electron chi connectivity index (χ0n) is 15.6. The van der Waals surface area contributed by atoms with Crippen molar-refractivity contribution < 1.29 is 14.7 Å². The summed E-state index contributed by atoms with van der Waals surface area (Å²) in [7, 11) is 1.62. The van der Waals surface area contributed by atoms with E-state index in [1.807, 2.05) is 44.2 Å². The van der Waals surface area contributed by atoms with Gasteiger partial charge in [-0.2, -0.15) is 0 Å². The predicted molar refractivity (Wildman–Crippen MR) is 99.9 cm³/mol. The molecule has 3 rings (SSSR count). The van der Waals surface area contributed by atoms with Crippen molar-refractivity contribution >= 4 is 11.9 Å². The van der Waals surface area contributed by atoms with Crippen molar-refractivity contribution in [2.45, 2.75) is 37.6 Å². The maximum atomic E-state index is 12.9. The number of carbonyl (C=O) groups is 2. The van der Waals surface area contributed by atoms with Gasteiger partial charge in [0.25, 0.3) is 0 Å². The van der Waals surface area contributed by atoms with Crippen LogP contribution in [0.3, 0.4) is 0 Å². The van der Waals surface area contributed by atoms with Gasteiger partial charge in [-0.05, 0) is 38.8 Å². The summed E-state index contributed by atoms with van der Waals surface area (Å²) < 4.78 is 0. The third-order valence-electron chi connectivity index (χ3n) is 5.21. The Morgan fingerprint density at radius 3 is 2.26 bits per heavy atom. The van der Waals surface area contributed by atoms with Gasteiger partial charge in [0, 0.05) is 30.5 Å². The van der Waals surface area contributed by atoms with Gasteiger partial charge in [-0.3, -0.25) is 9.59 Å². The quantitative estimate of drug-likeness (QED) is 0.653. The monoisotopic (exact) mass is 363 g/mol. The fourth-order valence-corrected chi connectivity index (χ4v) is 3.11. The Hall–Kier alpha value is -3.20. The normalized spacial score (nSPS) is 21.3. The SMILES string of the molecule is CN1C(=O)[C@@](C(=O)O)(c2ncc(C#Cc3ccccc3)cn2)CCC1(C)C. The molecule has 2 heterocycles. The van der Waals surface area contributed by atoms with Crippen LogP contribution >= 0.6 is 0 Å². The second kappa shape index (κ2) is 6.84. The number of rotatable bonds is 2. The van der Waals surface area contributed by atoms with E-state index in [4.69, 9.17) is 0 Å². The molecule has 2 aromatic rings. The van der Waals surface area contributed by atoms with Crippen molar-refractivity contribution in [2.24, 2.45) is 0 Å². The van der Waals surface area contributed by atoms with Crippen molar-refractivity contribution in [3.05, 3.63) is 59.7 Å². The Morgan fingerprint density at radius 2 is 1.67 bits per heavy atom. The lowest BCUT2D eigenvalue weighted by Crippen LogP contribution is -2.61. The molecular formula is C21H21N3O3. The van der Waals surface area contributed by atoms with E-state index in [2.05, 4.69) is 21.8 Å². The third kappa shape index (κ3) is 3.28. The lowest BCUT2D eigenvalue weighted by molar-refractivity contribution is -0.161. The highest BCUT2D eigenvalue weighted by Crippen LogP contribution is 2.39. The summed E-state index contributed by atoms with van der Waals surface area (Å²) in [5.41, 5.74) is -0.748. The Labute approximate surface area is 158 Å². The van der Waals surface area contributed by atoms with E-state index in [9.17, 15) is 14.7 Å². The molecule has 0 bridgehead atoms. The Morgan fingerprint density at radius 1 is 1.07 bits per heavy atom. The van der Waals surface area contributed by atoms with Crippen molar-refractivity contribution in [2.75, 3.05) is 7.05 Å². The number of nitrogens with zero attached hydrogens (tertiary/aromatic N) is 3. The van der Waals surface area contributed by atoms with Crippen LogP contribution in [0.5, 0.6) is 0 Å². The van der Waals surface area contributed by atoms with Gasteiger partial charge in [-0.1, -0.05) is 30.0 Å². The van der Waals surface area contributed by atoms with Gasteiger partial charge in [0.1, 0.15) is 0 Å². The molecule has 1 aromatic heterocycles. The zero-order valence-corrected chi connectivity index (χ0v) is 15.6. The molecular weight excluding hydrogens is 342 g/mol. The van der Waals surface area contributed by atoms with Crippen molar-refractivity contribution in [3.8, 4) is 11.8 Å². The first-order valence-corrected chi connectivity index (χ1v) is 8.69. The first-order chi connectivity index (χ1) is 12.8. The van der Waals surface area contributed by atoms with Crippen LogP contribution in [0.2, 0.25) is 0 Å². The molecule has 1 aliphatic rings. The van der Waals surface area contributed by atoms with Gasteiger partial charge in [-0.25, -0.2) is 9.97 Å². The van der Waals surface area contributed by atoms with Gasteiger partial charge in [0.15, 0.2) is 5.82 Å². The Kier molecular flexibility index (Phi) is 4.71. The van der Waals surface area contributed by atoms with Gasteiger partial charge in [0.05, 0.1) is 5.56 Å². The van der Waals surface area contributed by atoms with Crippen LogP contribution in [0.4, 0.5) is 0 Å². The number of aromatic nitrogens is 2. The summed E-state index contributed by atoms with van der Waals surface area (Å²) in [5.74, 6) is 4.24. The third-order valence-corrected chi connectivity index (χ3v) is 5.21. The Bertz CT molecular complexity index is 927. The number of hydrogen-bond donors (Lipinski definition) is 1. The molecule has 138 valence electrons. The summed E-state index contributed by atoms with van der Waals surface area (Å²) in [6, 6.07) is 9.48. The minimum atomic E-state index is -1.75. The molecule has 0 spiro atoms. The maximum absolute atomic E-state index is 12.9. The Balaban J connectivity index is 1.94. The summed E-state index contributed by atoms with van der Waals surface area (Å²) in [5, 5.41) is 9.87. The average Bonchev–Trinajstić information content (AvgIpc) is 2.66. The molecule has 1 aliphatic heterocycles. The summed E-state index contributed by atoms with van der Waals surface area (Å²) in [6.45, 7) is 3.83. The van der Waals surface area contributed by atoms with Crippen LogP contribution in [-0.4, -0.2) is 44.4 Å². The minimum Gasteiger partial charge on any atom is -0.480 e. The summed E-state index contributed by atoms with van der Waals surface area (Å²) >= 11 is 0. The number of carbonyl (C=O) groups excluding carboxylic acids is 1. The number of carboxylic acid groups (broad SMARTS) is 1. The standard InChI is InChI=1S/C21H21N3O3/c1-20(2)11-12-21(19(26)27,18(25)24(20)3)17-22-13-16(14-23-17)10-9-15-7-5-4-6-8-15/h4-8,13-14H,11-12H2,1-3H3,(H,26,27)/t21-/m0/s1. The number of likely N-dealkylation sites (tertiary alicyclic amines) is 1. The molecule has 1 N–H and O–H groups in total. The molecule has 0 aliphatic carbocycles. The first kappa shape index (κ1) is 18.6.